The SMILES string of the molecule is C=C(CC)[C@H]1Cc2c(ccc3c2OC2COc4cc(OC)c(OC)cc4C2C3=O)O1. The summed E-state index contributed by atoms with van der Waals surface area (Å²) in [4.78, 5) is 13.6. The summed E-state index contributed by atoms with van der Waals surface area (Å²) in [7, 11) is 3.15. The number of Topliss-reactive ketones (excluding diaryl/α,β-unsaturated/α-hetero) is 1. The maximum absolute atomic E-state index is 13.6. The van der Waals surface area contributed by atoms with Gasteiger partial charge in [0.15, 0.2) is 17.3 Å². The zero-order valence-corrected chi connectivity index (χ0v) is 17.3. The zero-order chi connectivity index (χ0) is 21.0. The largest absolute Gasteiger partial charge is 0.493 e. The van der Waals surface area contributed by atoms with Crippen molar-refractivity contribution in [1.82, 2.24) is 0 Å². The maximum atomic E-state index is 13.6. The number of fused-ring (bicyclic) bond motifs is 6. The van der Waals surface area contributed by atoms with Gasteiger partial charge in [0.05, 0.1) is 25.7 Å². The lowest BCUT2D eigenvalue weighted by molar-refractivity contribution is 0.0554. The predicted molar refractivity (Wildman–Crippen MR) is 111 cm³/mol. The third-order valence-corrected chi connectivity index (χ3v) is 6.23. The number of hydrogen-bond donors (Lipinski definition) is 0. The fraction of sp³-hybridized carbons (Fsp3) is 0.375. The monoisotopic (exact) mass is 408 g/mol. The molecule has 0 fully saturated rings. The minimum absolute atomic E-state index is 0.0265. The molecule has 0 amide bonds. The number of methoxy groups -OCH3 is 2. The average Bonchev–Trinajstić information content (AvgIpc) is 3.22. The highest BCUT2D eigenvalue weighted by Gasteiger charge is 2.45. The Morgan fingerprint density at radius 3 is 2.63 bits per heavy atom. The standard InChI is InChI=1S/C24H24O6/c1-5-12(2)17-9-15-16(29-17)7-6-13-23(25)22-14-8-19(26-3)20(27-4)10-18(14)28-11-21(22)30-24(13)15/h6-8,10,17,21-22H,2,5,9,11H2,1,3-4H3/t17-,21?,22?/m1/s1. The Labute approximate surface area is 175 Å². The van der Waals surface area contributed by atoms with Crippen molar-refractivity contribution in [3.63, 3.8) is 0 Å². The van der Waals surface area contributed by atoms with Gasteiger partial charge in [0.2, 0.25) is 0 Å². The number of carbonyl (C=O) groups excluding carboxylic acids is 1. The first kappa shape index (κ1) is 18.9. The van der Waals surface area contributed by atoms with Gasteiger partial charge in [-0.25, -0.2) is 0 Å². The molecule has 3 heterocycles. The lowest BCUT2D eigenvalue weighted by Crippen LogP contribution is -2.43. The van der Waals surface area contributed by atoms with E-state index in [2.05, 4.69) is 13.5 Å². The average molecular weight is 408 g/mol. The van der Waals surface area contributed by atoms with E-state index in [1.54, 1.807) is 26.4 Å². The van der Waals surface area contributed by atoms with Crippen molar-refractivity contribution in [2.45, 2.75) is 37.9 Å². The van der Waals surface area contributed by atoms with Crippen LogP contribution in [0.5, 0.6) is 28.7 Å². The van der Waals surface area contributed by atoms with Crippen LogP contribution in [0.15, 0.2) is 36.4 Å². The van der Waals surface area contributed by atoms with Crippen LogP contribution in [0.3, 0.4) is 0 Å². The van der Waals surface area contributed by atoms with E-state index < -0.39 is 12.0 Å². The topological polar surface area (TPSA) is 63.2 Å². The molecule has 30 heavy (non-hydrogen) atoms. The molecular formula is C24H24O6. The van der Waals surface area contributed by atoms with Crippen LogP contribution in [-0.4, -0.2) is 38.8 Å². The fourth-order valence-corrected chi connectivity index (χ4v) is 4.52. The quantitative estimate of drug-likeness (QED) is 0.710. The predicted octanol–water partition coefficient (Wildman–Crippen LogP) is 4.09. The van der Waals surface area contributed by atoms with Gasteiger partial charge in [0.1, 0.15) is 36.1 Å². The molecule has 6 heteroatoms. The molecule has 0 saturated carbocycles. The summed E-state index contributed by atoms with van der Waals surface area (Å²) >= 11 is 0. The third-order valence-electron chi connectivity index (χ3n) is 6.23. The van der Waals surface area contributed by atoms with Crippen LogP contribution >= 0.6 is 0 Å². The number of ketones is 1. The van der Waals surface area contributed by atoms with Crippen molar-refractivity contribution >= 4 is 5.78 Å². The van der Waals surface area contributed by atoms with Crippen LogP contribution in [-0.2, 0) is 6.42 Å². The van der Waals surface area contributed by atoms with Gasteiger partial charge in [-0.15, -0.1) is 0 Å². The van der Waals surface area contributed by atoms with E-state index in [1.165, 1.54) is 0 Å². The second-order valence-electron chi connectivity index (χ2n) is 7.80. The Bertz CT molecular complexity index is 1060. The van der Waals surface area contributed by atoms with E-state index in [9.17, 15) is 4.79 Å². The van der Waals surface area contributed by atoms with Crippen LogP contribution in [0.4, 0.5) is 0 Å². The highest BCUT2D eigenvalue weighted by atomic mass is 16.5. The summed E-state index contributed by atoms with van der Waals surface area (Å²) < 4.78 is 29.2. The van der Waals surface area contributed by atoms with Crippen molar-refractivity contribution in [3.8, 4) is 28.7 Å². The maximum Gasteiger partial charge on any atom is 0.178 e. The number of rotatable bonds is 4. The van der Waals surface area contributed by atoms with Crippen LogP contribution in [0, 0.1) is 0 Å². The lowest BCUT2D eigenvalue weighted by Gasteiger charge is -2.37. The third kappa shape index (κ3) is 2.66. The minimum atomic E-state index is -0.456. The lowest BCUT2D eigenvalue weighted by atomic mass is 9.81. The van der Waals surface area contributed by atoms with Gasteiger partial charge in [0, 0.05) is 23.6 Å². The molecule has 3 atom stereocenters. The molecule has 2 aromatic rings. The Morgan fingerprint density at radius 2 is 1.90 bits per heavy atom. The van der Waals surface area contributed by atoms with Gasteiger partial charge in [-0.2, -0.15) is 0 Å². The first-order chi connectivity index (χ1) is 14.5. The van der Waals surface area contributed by atoms with Crippen LogP contribution in [0.25, 0.3) is 0 Å². The summed E-state index contributed by atoms with van der Waals surface area (Å²) in [6.45, 7) is 6.46. The van der Waals surface area contributed by atoms with Crippen molar-refractivity contribution < 1.29 is 28.5 Å². The molecule has 2 aromatic carbocycles. The van der Waals surface area contributed by atoms with E-state index in [0.29, 0.717) is 35.0 Å². The molecular weight excluding hydrogens is 384 g/mol. The Morgan fingerprint density at radius 1 is 1.13 bits per heavy atom. The molecule has 0 bridgehead atoms. The highest BCUT2D eigenvalue weighted by molar-refractivity contribution is 6.06. The van der Waals surface area contributed by atoms with Crippen molar-refractivity contribution in [2.75, 3.05) is 20.8 Å². The van der Waals surface area contributed by atoms with Gasteiger partial charge >= 0.3 is 0 Å². The van der Waals surface area contributed by atoms with E-state index >= 15 is 0 Å². The molecule has 0 N–H and O–H groups in total. The van der Waals surface area contributed by atoms with Crippen molar-refractivity contribution in [2.24, 2.45) is 0 Å². The minimum Gasteiger partial charge on any atom is -0.493 e. The Kier molecular flexibility index (Phi) is 4.38. The van der Waals surface area contributed by atoms with Gasteiger partial charge in [-0.3, -0.25) is 4.79 Å². The Hall–Kier alpha value is -3.15. The normalized spacial score (nSPS) is 23.0. The summed E-state index contributed by atoms with van der Waals surface area (Å²) in [6, 6.07) is 7.26. The molecule has 156 valence electrons. The molecule has 0 spiro atoms. The fourth-order valence-electron chi connectivity index (χ4n) is 4.52. The highest BCUT2D eigenvalue weighted by Crippen LogP contribution is 2.49. The number of benzene rings is 2. The van der Waals surface area contributed by atoms with Gasteiger partial charge in [-0.05, 0) is 30.2 Å². The molecule has 2 unspecified atom stereocenters. The summed E-state index contributed by atoms with van der Waals surface area (Å²) in [6.07, 6.45) is 1.03. The summed E-state index contributed by atoms with van der Waals surface area (Å²) in [5.74, 6) is 2.71. The molecule has 3 aliphatic rings. The van der Waals surface area contributed by atoms with Crippen LogP contribution < -0.4 is 23.7 Å². The first-order valence-electron chi connectivity index (χ1n) is 10.2. The van der Waals surface area contributed by atoms with Gasteiger partial charge < -0.3 is 23.7 Å². The van der Waals surface area contributed by atoms with E-state index in [0.717, 1.165) is 28.9 Å². The van der Waals surface area contributed by atoms with E-state index in [1.807, 2.05) is 12.1 Å². The molecule has 0 aliphatic carbocycles. The zero-order valence-electron chi connectivity index (χ0n) is 17.3. The first-order valence-corrected chi connectivity index (χ1v) is 10.2. The number of hydrogen-bond acceptors (Lipinski definition) is 6. The van der Waals surface area contributed by atoms with Crippen molar-refractivity contribution in [1.29, 1.82) is 0 Å². The van der Waals surface area contributed by atoms with Crippen LogP contribution in [0.1, 0.15) is 40.7 Å². The molecule has 6 nitrogen and oxygen atoms in total. The van der Waals surface area contributed by atoms with Gasteiger partial charge in [0.25, 0.3) is 0 Å². The smallest absolute Gasteiger partial charge is 0.178 e. The van der Waals surface area contributed by atoms with E-state index in [-0.39, 0.29) is 18.5 Å². The second kappa shape index (κ2) is 6.97. The molecule has 0 radical (unpaired) electrons. The van der Waals surface area contributed by atoms with Gasteiger partial charge in [-0.1, -0.05) is 13.5 Å². The number of ether oxygens (including phenoxy) is 5. The van der Waals surface area contributed by atoms with Crippen molar-refractivity contribution in [3.05, 3.63) is 53.1 Å². The summed E-state index contributed by atoms with van der Waals surface area (Å²) in [5.41, 5.74) is 3.32. The molecule has 0 aromatic heterocycles. The molecule has 3 aliphatic heterocycles. The Balaban J connectivity index is 1.56. The molecule has 5 rings (SSSR count). The number of carbonyl (C=O) groups is 1. The summed E-state index contributed by atoms with van der Waals surface area (Å²) in [5, 5.41) is 0. The van der Waals surface area contributed by atoms with Crippen LogP contribution in [0.2, 0.25) is 0 Å². The van der Waals surface area contributed by atoms with E-state index in [4.69, 9.17) is 23.7 Å². The molecule has 0 saturated heterocycles. The second-order valence-corrected chi connectivity index (χ2v) is 7.80.